The molecule has 4 aliphatic rings. The summed E-state index contributed by atoms with van der Waals surface area (Å²) in [6.45, 7) is 14.1. The van der Waals surface area contributed by atoms with Crippen molar-refractivity contribution in [2.45, 2.75) is 47.5 Å². The molecule has 2 unspecified atom stereocenters. The number of hydrogen-bond acceptors (Lipinski definition) is 1. The van der Waals surface area contributed by atoms with Crippen molar-refractivity contribution in [3.63, 3.8) is 0 Å². The van der Waals surface area contributed by atoms with Crippen LogP contribution in [0.15, 0.2) is 118 Å². The van der Waals surface area contributed by atoms with Gasteiger partial charge in [0.2, 0.25) is 0 Å². The second-order valence-electron chi connectivity index (χ2n) is 10.9. The Bertz CT molecular complexity index is 1400. The second kappa shape index (κ2) is 7.34. The van der Waals surface area contributed by atoms with Crippen LogP contribution in [0, 0.1) is 11.3 Å². The van der Waals surface area contributed by atoms with Crippen LogP contribution in [-0.2, 0) is 0 Å². The fraction of sp³-hybridized carbons (Fsp3) is 0.273. The van der Waals surface area contributed by atoms with E-state index >= 15 is 0 Å². The van der Waals surface area contributed by atoms with E-state index in [4.69, 9.17) is 0 Å². The molecule has 2 aromatic carbocycles. The van der Waals surface area contributed by atoms with Crippen LogP contribution in [0.4, 0.5) is 5.69 Å². The summed E-state index contributed by atoms with van der Waals surface area (Å²) >= 11 is 0. The molecule has 1 nitrogen and oxygen atoms in total. The van der Waals surface area contributed by atoms with Crippen molar-refractivity contribution in [2.75, 3.05) is 4.90 Å². The quantitative estimate of drug-likeness (QED) is 0.458. The van der Waals surface area contributed by atoms with E-state index in [9.17, 15) is 0 Å². The zero-order chi connectivity index (χ0) is 23.8. The van der Waals surface area contributed by atoms with Crippen molar-refractivity contribution in [1.82, 2.24) is 0 Å². The van der Waals surface area contributed by atoms with Crippen LogP contribution in [0.25, 0.3) is 6.08 Å². The Labute approximate surface area is 204 Å². The molecule has 1 aliphatic heterocycles. The maximum absolute atomic E-state index is 2.50. The maximum atomic E-state index is 2.50. The summed E-state index contributed by atoms with van der Waals surface area (Å²) < 4.78 is 0. The molecule has 0 aromatic heterocycles. The minimum Gasteiger partial charge on any atom is -0.317 e. The van der Waals surface area contributed by atoms with Crippen molar-refractivity contribution in [3.8, 4) is 0 Å². The summed E-state index contributed by atoms with van der Waals surface area (Å²) in [7, 11) is 0. The van der Waals surface area contributed by atoms with Crippen LogP contribution in [0.5, 0.6) is 0 Å². The van der Waals surface area contributed by atoms with Gasteiger partial charge >= 0.3 is 0 Å². The highest BCUT2D eigenvalue weighted by Crippen LogP contribution is 2.57. The molecule has 1 heteroatoms. The standard InChI is InChI=1S/C33H33N/c1-20-16-24-12-10-11-15-27(24)31(20)33(5,6)32-21(2)17-25-18-28-22(3)23(4)34(30(28)19-29(25)32)26-13-8-7-9-14-26/h7-19,28,31H,1-6H3. The molecule has 0 N–H and O–H groups in total. The van der Waals surface area contributed by atoms with Crippen LogP contribution in [0.1, 0.15) is 58.6 Å². The van der Waals surface area contributed by atoms with Gasteiger partial charge in [-0.1, -0.05) is 80.1 Å². The monoisotopic (exact) mass is 443 g/mol. The summed E-state index contributed by atoms with van der Waals surface area (Å²) in [5, 5.41) is 0. The van der Waals surface area contributed by atoms with Crippen LogP contribution in [0.3, 0.4) is 0 Å². The lowest BCUT2D eigenvalue weighted by Crippen LogP contribution is -2.26. The highest BCUT2D eigenvalue weighted by Gasteiger charge is 2.43. The topological polar surface area (TPSA) is 3.24 Å². The van der Waals surface area contributed by atoms with E-state index in [1.165, 1.54) is 61.6 Å². The van der Waals surface area contributed by atoms with Crippen molar-refractivity contribution in [1.29, 1.82) is 0 Å². The highest BCUT2D eigenvalue weighted by atomic mass is 15.2. The lowest BCUT2D eigenvalue weighted by molar-refractivity contribution is 0.392. The van der Waals surface area contributed by atoms with E-state index in [0.717, 1.165) is 0 Å². The molecule has 0 spiro atoms. The minimum absolute atomic E-state index is 0.0176. The Morgan fingerprint density at radius 3 is 2.26 bits per heavy atom. The second-order valence-corrected chi connectivity index (χ2v) is 10.9. The number of benzene rings is 2. The average molecular weight is 444 g/mol. The first-order valence-electron chi connectivity index (χ1n) is 12.5. The van der Waals surface area contributed by atoms with Gasteiger partial charge in [-0.3, -0.25) is 0 Å². The van der Waals surface area contributed by atoms with Crippen molar-refractivity contribution < 1.29 is 0 Å². The molecule has 1 heterocycles. The summed E-state index contributed by atoms with van der Waals surface area (Å²) in [6.07, 6.45) is 9.81. The first-order valence-corrected chi connectivity index (χ1v) is 12.5. The van der Waals surface area contributed by atoms with E-state index in [0.29, 0.717) is 11.8 Å². The van der Waals surface area contributed by atoms with Gasteiger partial charge in [-0.2, -0.15) is 0 Å². The Balaban J connectivity index is 1.51. The lowest BCUT2D eigenvalue weighted by atomic mass is 9.66. The van der Waals surface area contributed by atoms with Gasteiger partial charge in [0.05, 0.1) is 0 Å². The van der Waals surface area contributed by atoms with Gasteiger partial charge in [-0.15, -0.1) is 0 Å². The third-order valence-electron chi connectivity index (χ3n) is 8.46. The number of para-hydroxylation sites is 1. The summed E-state index contributed by atoms with van der Waals surface area (Å²) in [4.78, 5) is 2.47. The lowest BCUT2D eigenvalue weighted by Gasteiger charge is -2.37. The molecule has 3 aliphatic carbocycles. The Hall–Kier alpha value is -3.32. The Morgan fingerprint density at radius 2 is 1.50 bits per heavy atom. The molecule has 170 valence electrons. The normalized spacial score (nSPS) is 23.4. The molecular formula is C33H33N. The number of hydrogen-bond donors (Lipinski definition) is 0. The van der Waals surface area contributed by atoms with E-state index < -0.39 is 0 Å². The zero-order valence-corrected chi connectivity index (χ0v) is 21.1. The predicted molar refractivity (Wildman–Crippen MR) is 144 cm³/mol. The number of allylic oxidation sites excluding steroid dienone is 9. The van der Waals surface area contributed by atoms with E-state index in [2.05, 4.69) is 125 Å². The fourth-order valence-electron chi connectivity index (χ4n) is 7.04. The first-order chi connectivity index (χ1) is 16.3. The summed E-state index contributed by atoms with van der Waals surface area (Å²) in [5.41, 5.74) is 15.4. The number of fused-ring (bicyclic) bond motifs is 3. The molecule has 0 radical (unpaired) electrons. The third kappa shape index (κ3) is 2.86. The SMILES string of the molecule is CC1=CC2=CC3C(=CC2=C1C(C)(C)C1C(C)=Cc2ccccc21)N(c1ccccc1)C(C)=C3C. The van der Waals surface area contributed by atoms with Gasteiger partial charge in [-0.05, 0) is 84.9 Å². The average Bonchev–Trinajstić information content (AvgIpc) is 3.41. The minimum atomic E-state index is -0.0176. The molecule has 6 rings (SSSR count). The largest absolute Gasteiger partial charge is 0.317 e. The first kappa shape index (κ1) is 21.2. The van der Waals surface area contributed by atoms with Crippen LogP contribution in [-0.4, -0.2) is 0 Å². The van der Waals surface area contributed by atoms with Crippen molar-refractivity contribution >= 4 is 11.8 Å². The molecule has 0 amide bonds. The van der Waals surface area contributed by atoms with Gasteiger partial charge in [0.1, 0.15) is 0 Å². The van der Waals surface area contributed by atoms with Gasteiger partial charge in [0.15, 0.2) is 0 Å². The fourth-order valence-corrected chi connectivity index (χ4v) is 7.04. The maximum Gasteiger partial charge on any atom is 0.0455 e. The molecule has 0 saturated carbocycles. The van der Waals surface area contributed by atoms with E-state index in [1.807, 2.05) is 0 Å². The molecule has 34 heavy (non-hydrogen) atoms. The van der Waals surface area contributed by atoms with Crippen molar-refractivity contribution in [3.05, 3.63) is 129 Å². The van der Waals surface area contributed by atoms with E-state index in [1.54, 1.807) is 0 Å². The number of nitrogens with zero attached hydrogens (tertiary/aromatic N) is 1. The van der Waals surface area contributed by atoms with Gasteiger partial charge < -0.3 is 4.90 Å². The Morgan fingerprint density at radius 1 is 0.794 bits per heavy atom. The molecule has 0 saturated heterocycles. The van der Waals surface area contributed by atoms with Gasteiger partial charge in [0, 0.05) is 34.3 Å². The summed E-state index contributed by atoms with van der Waals surface area (Å²) in [5.74, 6) is 0.736. The molecular weight excluding hydrogens is 410 g/mol. The van der Waals surface area contributed by atoms with Crippen LogP contribution >= 0.6 is 0 Å². The van der Waals surface area contributed by atoms with Gasteiger partial charge in [0.25, 0.3) is 0 Å². The molecule has 2 aromatic rings. The Kier molecular flexibility index (Phi) is 4.58. The van der Waals surface area contributed by atoms with Crippen LogP contribution < -0.4 is 4.90 Å². The van der Waals surface area contributed by atoms with Crippen molar-refractivity contribution in [2.24, 2.45) is 11.3 Å². The highest BCUT2D eigenvalue weighted by molar-refractivity contribution is 5.75. The van der Waals surface area contributed by atoms with Gasteiger partial charge in [-0.25, -0.2) is 0 Å². The van der Waals surface area contributed by atoms with E-state index in [-0.39, 0.29) is 5.41 Å². The predicted octanol–water partition coefficient (Wildman–Crippen LogP) is 8.72. The van der Waals surface area contributed by atoms with Crippen LogP contribution in [0.2, 0.25) is 0 Å². The number of anilines is 1. The smallest absolute Gasteiger partial charge is 0.0455 e. The third-order valence-corrected chi connectivity index (χ3v) is 8.46. The number of rotatable bonds is 3. The molecule has 2 atom stereocenters. The molecule has 0 fully saturated rings. The zero-order valence-electron chi connectivity index (χ0n) is 21.1. The summed E-state index contributed by atoms with van der Waals surface area (Å²) in [6, 6.07) is 19.7. The molecule has 0 bridgehead atoms.